The lowest BCUT2D eigenvalue weighted by Crippen LogP contribution is -2.10. The molecule has 1 heterocycles. The summed E-state index contributed by atoms with van der Waals surface area (Å²) in [6, 6.07) is 93.9. The summed E-state index contributed by atoms with van der Waals surface area (Å²) in [6.07, 6.45) is 0. The summed E-state index contributed by atoms with van der Waals surface area (Å²) >= 11 is 0. The maximum atomic E-state index is 6.47. The molecule has 0 bridgehead atoms. The van der Waals surface area contributed by atoms with Crippen LogP contribution in [0.25, 0.3) is 99.5 Å². The number of hydrogen-bond acceptors (Lipinski definition) is 2. The smallest absolute Gasteiger partial charge is 0.143 e. The number of para-hydroxylation sites is 2. The van der Waals surface area contributed by atoms with Crippen LogP contribution in [0.1, 0.15) is 0 Å². The van der Waals surface area contributed by atoms with Crippen LogP contribution in [0, 0.1) is 0 Å². The maximum absolute atomic E-state index is 6.47. The molecule has 0 saturated heterocycles. The molecular formula is C64H43NO. The number of nitrogens with zero attached hydrogens (tertiary/aromatic N) is 1. The van der Waals surface area contributed by atoms with E-state index in [0.29, 0.717) is 0 Å². The molecule has 66 heavy (non-hydrogen) atoms. The second-order valence-electron chi connectivity index (χ2n) is 16.8. The topological polar surface area (TPSA) is 16.4 Å². The molecule has 0 radical (unpaired) electrons. The van der Waals surface area contributed by atoms with Crippen molar-refractivity contribution >= 4 is 49.8 Å². The van der Waals surface area contributed by atoms with Crippen molar-refractivity contribution < 1.29 is 4.42 Å². The molecule has 0 saturated carbocycles. The van der Waals surface area contributed by atoms with Gasteiger partial charge in [-0.1, -0.05) is 212 Å². The lowest BCUT2D eigenvalue weighted by atomic mass is 9.84. The first-order chi connectivity index (χ1) is 32.7. The highest BCUT2D eigenvalue weighted by molar-refractivity contribution is 6.09. The fourth-order valence-electron chi connectivity index (χ4n) is 9.71. The van der Waals surface area contributed by atoms with Gasteiger partial charge in [-0.25, -0.2) is 0 Å². The average molecular weight is 842 g/mol. The van der Waals surface area contributed by atoms with E-state index in [-0.39, 0.29) is 0 Å². The summed E-state index contributed by atoms with van der Waals surface area (Å²) in [5, 5.41) is 4.72. The van der Waals surface area contributed by atoms with Crippen molar-refractivity contribution in [1.29, 1.82) is 0 Å². The molecule has 0 atom stereocenters. The van der Waals surface area contributed by atoms with E-state index in [1.165, 1.54) is 55.3 Å². The van der Waals surface area contributed by atoms with Gasteiger partial charge in [-0.05, 0) is 121 Å². The van der Waals surface area contributed by atoms with Gasteiger partial charge in [-0.2, -0.15) is 0 Å². The molecule has 0 spiro atoms. The Bertz CT molecular complexity index is 3680. The molecule has 2 nitrogen and oxygen atoms in total. The second kappa shape index (κ2) is 16.8. The van der Waals surface area contributed by atoms with Crippen molar-refractivity contribution in [3.8, 4) is 66.8 Å². The third-order valence-electron chi connectivity index (χ3n) is 12.9. The van der Waals surface area contributed by atoms with Crippen LogP contribution in [0.2, 0.25) is 0 Å². The maximum Gasteiger partial charge on any atom is 0.143 e. The third kappa shape index (κ3) is 7.12. The highest BCUT2D eigenvalue weighted by Crippen LogP contribution is 2.46. The van der Waals surface area contributed by atoms with Gasteiger partial charge in [0.2, 0.25) is 0 Å². The standard InChI is InChI=1S/C64H43NO/c1-3-17-45(18-4-1)55-24-9-10-26-60(55)63-56(46-19-5-2-6-20-46)27-14-28-57(63)47-34-38-52(39-35-47)65(54-23-13-22-50(43-54)51-33-32-44-16-7-8-21-49(44)42-51)53-40-36-48(37-41-53)58-29-15-30-61-59-25-11-12-31-62(59)66-64(58)61/h1-43H. The molecule has 2 heteroatoms. The summed E-state index contributed by atoms with van der Waals surface area (Å²) in [5.41, 5.74) is 19.0. The van der Waals surface area contributed by atoms with Gasteiger partial charge in [0, 0.05) is 33.4 Å². The molecule has 12 rings (SSSR count). The van der Waals surface area contributed by atoms with Crippen molar-refractivity contribution in [2.24, 2.45) is 0 Å². The van der Waals surface area contributed by atoms with E-state index in [9.17, 15) is 0 Å². The first kappa shape index (κ1) is 38.9. The van der Waals surface area contributed by atoms with Crippen LogP contribution < -0.4 is 4.90 Å². The monoisotopic (exact) mass is 841 g/mol. The van der Waals surface area contributed by atoms with Gasteiger partial charge < -0.3 is 9.32 Å². The van der Waals surface area contributed by atoms with Crippen LogP contribution in [0.4, 0.5) is 17.1 Å². The van der Waals surface area contributed by atoms with Gasteiger partial charge >= 0.3 is 0 Å². The van der Waals surface area contributed by atoms with Gasteiger partial charge in [0.25, 0.3) is 0 Å². The fraction of sp³-hybridized carbons (Fsp3) is 0. The van der Waals surface area contributed by atoms with Crippen LogP contribution in [-0.2, 0) is 0 Å². The Morgan fingerprint density at radius 3 is 1.45 bits per heavy atom. The van der Waals surface area contributed by atoms with Crippen molar-refractivity contribution in [1.82, 2.24) is 0 Å². The normalized spacial score (nSPS) is 11.3. The zero-order valence-electron chi connectivity index (χ0n) is 36.2. The quantitative estimate of drug-likeness (QED) is 0.144. The van der Waals surface area contributed by atoms with E-state index in [2.05, 4.69) is 254 Å². The van der Waals surface area contributed by atoms with Crippen molar-refractivity contribution in [3.63, 3.8) is 0 Å². The second-order valence-corrected chi connectivity index (χ2v) is 16.8. The van der Waals surface area contributed by atoms with Crippen LogP contribution in [0.3, 0.4) is 0 Å². The van der Waals surface area contributed by atoms with Crippen LogP contribution in [0.15, 0.2) is 265 Å². The molecule has 0 aliphatic rings. The summed E-state index contributed by atoms with van der Waals surface area (Å²) < 4.78 is 6.47. The molecule has 0 aliphatic carbocycles. The first-order valence-electron chi connectivity index (χ1n) is 22.6. The number of furan rings is 1. The SMILES string of the molecule is c1ccc(-c2ccccc2-c2c(-c3ccccc3)cccc2-c2ccc(N(c3ccc(-c4cccc5c4oc4ccccc45)cc3)c3cccc(-c4ccc5ccccc5c4)c3)cc2)cc1. The van der Waals surface area contributed by atoms with Crippen molar-refractivity contribution in [3.05, 3.63) is 261 Å². The molecule has 0 N–H and O–H groups in total. The minimum Gasteiger partial charge on any atom is -0.455 e. The average Bonchev–Trinajstić information content (AvgIpc) is 3.79. The highest BCUT2D eigenvalue weighted by atomic mass is 16.3. The number of benzene rings is 11. The predicted octanol–water partition coefficient (Wildman–Crippen LogP) is 18.2. The van der Waals surface area contributed by atoms with Crippen molar-refractivity contribution in [2.75, 3.05) is 4.90 Å². The van der Waals surface area contributed by atoms with E-state index in [1.807, 2.05) is 12.1 Å². The van der Waals surface area contributed by atoms with Crippen LogP contribution >= 0.6 is 0 Å². The minimum atomic E-state index is 0.900. The lowest BCUT2D eigenvalue weighted by molar-refractivity contribution is 0.670. The molecule has 310 valence electrons. The Morgan fingerprint density at radius 2 is 0.727 bits per heavy atom. The summed E-state index contributed by atoms with van der Waals surface area (Å²) in [4.78, 5) is 2.37. The zero-order valence-corrected chi connectivity index (χ0v) is 36.2. The van der Waals surface area contributed by atoms with Gasteiger partial charge in [-0.15, -0.1) is 0 Å². The van der Waals surface area contributed by atoms with Crippen LogP contribution in [-0.4, -0.2) is 0 Å². The number of fused-ring (bicyclic) bond motifs is 4. The number of anilines is 3. The van der Waals surface area contributed by atoms with Gasteiger partial charge in [-0.3, -0.25) is 0 Å². The molecular weight excluding hydrogens is 799 g/mol. The van der Waals surface area contributed by atoms with E-state index in [0.717, 1.165) is 61.3 Å². The zero-order chi connectivity index (χ0) is 43.8. The minimum absolute atomic E-state index is 0.900. The molecule has 12 aromatic rings. The van der Waals surface area contributed by atoms with E-state index >= 15 is 0 Å². The predicted molar refractivity (Wildman–Crippen MR) is 279 cm³/mol. The molecule has 11 aromatic carbocycles. The summed E-state index contributed by atoms with van der Waals surface area (Å²) in [7, 11) is 0. The summed E-state index contributed by atoms with van der Waals surface area (Å²) in [6.45, 7) is 0. The Morgan fingerprint density at radius 1 is 0.258 bits per heavy atom. The number of rotatable bonds is 9. The highest BCUT2D eigenvalue weighted by Gasteiger charge is 2.20. The van der Waals surface area contributed by atoms with E-state index in [1.54, 1.807) is 0 Å². The van der Waals surface area contributed by atoms with Crippen LogP contribution in [0.5, 0.6) is 0 Å². The van der Waals surface area contributed by atoms with E-state index < -0.39 is 0 Å². The fourth-order valence-corrected chi connectivity index (χ4v) is 9.71. The molecule has 0 amide bonds. The van der Waals surface area contributed by atoms with Crippen molar-refractivity contribution in [2.45, 2.75) is 0 Å². The Kier molecular flexibility index (Phi) is 9.89. The Labute approximate surface area is 384 Å². The number of hydrogen-bond donors (Lipinski definition) is 0. The largest absolute Gasteiger partial charge is 0.455 e. The van der Waals surface area contributed by atoms with Gasteiger partial charge in [0.1, 0.15) is 11.2 Å². The molecule has 1 aromatic heterocycles. The van der Waals surface area contributed by atoms with Gasteiger partial charge in [0.15, 0.2) is 0 Å². The van der Waals surface area contributed by atoms with Gasteiger partial charge in [0.05, 0.1) is 0 Å². The first-order valence-corrected chi connectivity index (χ1v) is 22.6. The molecule has 0 aliphatic heterocycles. The molecule has 0 fully saturated rings. The molecule has 0 unspecified atom stereocenters. The lowest BCUT2D eigenvalue weighted by Gasteiger charge is -2.27. The third-order valence-corrected chi connectivity index (χ3v) is 12.9. The summed E-state index contributed by atoms with van der Waals surface area (Å²) in [5.74, 6) is 0. The Balaban J connectivity index is 0.988. The van der Waals surface area contributed by atoms with E-state index in [4.69, 9.17) is 4.42 Å². The Hall–Kier alpha value is -8.72.